The molecule has 0 aliphatic carbocycles. The number of nitrogens with zero attached hydrogens (tertiary/aromatic N) is 2. The molecule has 0 aliphatic rings. The van der Waals surface area contributed by atoms with Crippen LogP contribution < -0.4 is 16.8 Å². The Kier molecular flexibility index (Phi) is 11.0. The van der Waals surface area contributed by atoms with E-state index in [9.17, 15) is 0 Å². The van der Waals surface area contributed by atoms with Crippen LogP contribution in [0.15, 0.2) is 12.5 Å². The monoisotopic (exact) mass is 296 g/mol. The molecule has 0 saturated carbocycles. The largest absolute Gasteiger partial charge is 0.348 e. The third-order valence-corrected chi connectivity index (χ3v) is 3.54. The van der Waals surface area contributed by atoms with E-state index in [2.05, 4.69) is 20.2 Å². The van der Waals surface area contributed by atoms with Crippen LogP contribution in [0.2, 0.25) is 0 Å². The lowest BCUT2D eigenvalue weighted by atomic mass is 10.2. The van der Waals surface area contributed by atoms with Gasteiger partial charge < -0.3 is 26.7 Å². The summed E-state index contributed by atoms with van der Waals surface area (Å²) in [4.78, 5) is 9.73. The zero-order chi connectivity index (χ0) is 15.2. The minimum atomic E-state index is 0.767. The molecular formula is C15H32N6. The fraction of sp³-hybridized carbons (Fsp3) is 0.800. The van der Waals surface area contributed by atoms with Crippen LogP contribution in [0, 0.1) is 0 Å². The molecule has 0 fully saturated rings. The number of nitrogens with one attached hydrogen (secondary N) is 2. The Hall–Kier alpha value is -0.950. The summed E-state index contributed by atoms with van der Waals surface area (Å²) in [5.74, 6) is 0. The standard InChI is InChI=1S/C15H32N6/c16-6-2-8-18-9-4-12-21(11-3-7-17)10-1-5-15-13-19-14-20-15/h13-14,18H,1-12,16-17H2,(H,19,20). The Morgan fingerprint density at radius 2 is 1.71 bits per heavy atom. The summed E-state index contributed by atoms with van der Waals surface area (Å²) in [6, 6.07) is 0. The van der Waals surface area contributed by atoms with Gasteiger partial charge in [-0.25, -0.2) is 4.98 Å². The maximum atomic E-state index is 5.63. The van der Waals surface area contributed by atoms with E-state index in [1.165, 1.54) is 12.1 Å². The highest BCUT2D eigenvalue weighted by molar-refractivity contribution is 4.93. The van der Waals surface area contributed by atoms with Gasteiger partial charge in [-0.1, -0.05) is 0 Å². The van der Waals surface area contributed by atoms with E-state index in [0.29, 0.717) is 0 Å². The lowest BCUT2D eigenvalue weighted by Crippen LogP contribution is -2.31. The third-order valence-electron chi connectivity index (χ3n) is 3.54. The number of hydrogen-bond acceptors (Lipinski definition) is 5. The van der Waals surface area contributed by atoms with Crippen molar-refractivity contribution in [2.24, 2.45) is 11.5 Å². The van der Waals surface area contributed by atoms with Crippen molar-refractivity contribution < 1.29 is 0 Å². The Bertz CT molecular complexity index is 314. The molecule has 0 radical (unpaired) electrons. The zero-order valence-electron chi connectivity index (χ0n) is 13.2. The van der Waals surface area contributed by atoms with Crippen molar-refractivity contribution in [2.75, 3.05) is 45.8 Å². The van der Waals surface area contributed by atoms with E-state index >= 15 is 0 Å². The van der Waals surface area contributed by atoms with E-state index in [0.717, 1.165) is 71.5 Å². The number of aromatic nitrogens is 2. The first-order chi connectivity index (χ1) is 10.4. The van der Waals surface area contributed by atoms with E-state index < -0.39 is 0 Å². The third kappa shape index (κ3) is 9.57. The van der Waals surface area contributed by atoms with Gasteiger partial charge in [-0.3, -0.25) is 0 Å². The van der Waals surface area contributed by atoms with Gasteiger partial charge >= 0.3 is 0 Å². The van der Waals surface area contributed by atoms with E-state index in [1.807, 2.05) is 6.20 Å². The van der Waals surface area contributed by atoms with Gasteiger partial charge in [-0.2, -0.15) is 0 Å². The summed E-state index contributed by atoms with van der Waals surface area (Å²) in [5.41, 5.74) is 12.3. The predicted octanol–water partition coefficient (Wildman–Crippen LogP) is 0.322. The number of aryl methyl sites for hydroxylation is 1. The minimum Gasteiger partial charge on any atom is -0.348 e. The van der Waals surface area contributed by atoms with Crippen LogP contribution >= 0.6 is 0 Å². The molecule has 21 heavy (non-hydrogen) atoms. The van der Waals surface area contributed by atoms with Crippen LogP contribution in [0.4, 0.5) is 0 Å². The van der Waals surface area contributed by atoms with Gasteiger partial charge in [0.2, 0.25) is 0 Å². The summed E-state index contributed by atoms with van der Waals surface area (Å²) >= 11 is 0. The van der Waals surface area contributed by atoms with Gasteiger partial charge in [0, 0.05) is 11.9 Å². The summed E-state index contributed by atoms with van der Waals surface area (Å²) in [5, 5.41) is 3.43. The predicted molar refractivity (Wildman–Crippen MR) is 88.2 cm³/mol. The van der Waals surface area contributed by atoms with Crippen LogP contribution in [0.25, 0.3) is 0 Å². The first kappa shape index (κ1) is 18.1. The molecule has 0 unspecified atom stereocenters. The van der Waals surface area contributed by atoms with Crippen molar-refractivity contribution in [1.82, 2.24) is 20.2 Å². The van der Waals surface area contributed by atoms with Crippen molar-refractivity contribution in [3.63, 3.8) is 0 Å². The average Bonchev–Trinajstić information content (AvgIpc) is 3.01. The summed E-state index contributed by atoms with van der Waals surface area (Å²) < 4.78 is 0. The fourth-order valence-electron chi connectivity index (χ4n) is 2.34. The van der Waals surface area contributed by atoms with Crippen LogP contribution in [0.1, 0.15) is 31.4 Å². The number of H-pyrrole nitrogens is 1. The second-order valence-electron chi connectivity index (χ2n) is 5.41. The normalized spacial score (nSPS) is 11.4. The summed E-state index contributed by atoms with van der Waals surface area (Å²) in [6.07, 6.45) is 9.19. The summed E-state index contributed by atoms with van der Waals surface area (Å²) in [6.45, 7) is 7.00. The maximum Gasteiger partial charge on any atom is 0.0921 e. The second-order valence-corrected chi connectivity index (χ2v) is 5.41. The quantitative estimate of drug-likeness (QED) is 0.371. The SMILES string of the molecule is NCCCNCCCN(CCCN)CCCc1cnc[nH]1. The van der Waals surface area contributed by atoms with Gasteiger partial charge in [0.15, 0.2) is 0 Å². The Labute approximate surface area is 128 Å². The molecule has 122 valence electrons. The Balaban J connectivity index is 2.11. The fourth-order valence-corrected chi connectivity index (χ4v) is 2.34. The van der Waals surface area contributed by atoms with E-state index in [1.54, 1.807) is 6.33 Å². The number of hydrogen-bond donors (Lipinski definition) is 4. The van der Waals surface area contributed by atoms with Gasteiger partial charge in [-0.05, 0) is 77.9 Å². The van der Waals surface area contributed by atoms with Crippen LogP contribution in [0.3, 0.4) is 0 Å². The van der Waals surface area contributed by atoms with Crippen LogP contribution in [-0.4, -0.2) is 60.7 Å². The van der Waals surface area contributed by atoms with Crippen LogP contribution in [-0.2, 0) is 6.42 Å². The topological polar surface area (TPSA) is 96.0 Å². The molecular weight excluding hydrogens is 264 g/mol. The highest BCUT2D eigenvalue weighted by Gasteiger charge is 2.04. The molecule has 0 spiro atoms. The highest BCUT2D eigenvalue weighted by atomic mass is 15.1. The molecule has 1 heterocycles. The zero-order valence-corrected chi connectivity index (χ0v) is 13.2. The molecule has 6 heteroatoms. The number of rotatable bonds is 14. The molecule has 0 aromatic carbocycles. The smallest absolute Gasteiger partial charge is 0.0921 e. The number of imidazole rings is 1. The van der Waals surface area contributed by atoms with Crippen molar-refractivity contribution in [3.8, 4) is 0 Å². The molecule has 6 N–H and O–H groups in total. The van der Waals surface area contributed by atoms with Gasteiger partial charge in [0.05, 0.1) is 6.33 Å². The number of aromatic amines is 1. The van der Waals surface area contributed by atoms with Crippen molar-refractivity contribution in [3.05, 3.63) is 18.2 Å². The second kappa shape index (κ2) is 12.8. The molecule has 0 bridgehead atoms. The average molecular weight is 296 g/mol. The van der Waals surface area contributed by atoms with Crippen molar-refractivity contribution in [1.29, 1.82) is 0 Å². The van der Waals surface area contributed by atoms with Gasteiger partial charge in [0.1, 0.15) is 0 Å². The molecule has 6 nitrogen and oxygen atoms in total. The van der Waals surface area contributed by atoms with E-state index in [-0.39, 0.29) is 0 Å². The Morgan fingerprint density at radius 1 is 1.00 bits per heavy atom. The van der Waals surface area contributed by atoms with E-state index in [4.69, 9.17) is 11.5 Å². The molecule has 0 aliphatic heterocycles. The van der Waals surface area contributed by atoms with Gasteiger partial charge in [-0.15, -0.1) is 0 Å². The highest BCUT2D eigenvalue weighted by Crippen LogP contribution is 2.01. The molecule has 0 atom stereocenters. The molecule has 0 amide bonds. The lowest BCUT2D eigenvalue weighted by molar-refractivity contribution is 0.264. The Morgan fingerprint density at radius 3 is 2.43 bits per heavy atom. The molecule has 0 saturated heterocycles. The molecule has 1 aromatic heterocycles. The molecule has 1 rings (SSSR count). The maximum absolute atomic E-state index is 5.63. The molecule has 1 aromatic rings. The lowest BCUT2D eigenvalue weighted by Gasteiger charge is -2.22. The minimum absolute atomic E-state index is 0.767. The van der Waals surface area contributed by atoms with Crippen LogP contribution in [0.5, 0.6) is 0 Å². The first-order valence-corrected chi connectivity index (χ1v) is 8.17. The van der Waals surface area contributed by atoms with Gasteiger partial charge in [0.25, 0.3) is 0 Å². The number of nitrogens with two attached hydrogens (primary N) is 2. The summed E-state index contributed by atoms with van der Waals surface area (Å²) in [7, 11) is 0. The van der Waals surface area contributed by atoms with Crippen molar-refractivity contribution >= 4 is 0 Å². The first-order valence-electron chi connectivity index (χ1n) is 8.17. The van der Waals surface area contributed by atoms with Crippen molar-refractivity contribution in [2.45, 2.75) is 32.1 Å².